The van der Waals surface area contributed by atoms with Crippen LogP contribution in [0.1, 0.15) is 33.4 Å². The Kier molecular flexibility index (Phi) is 8.10. The van der Waals surface area contributed by atoms with E-state index in [1.165, 1.54) is 4.90 Å². The van der Waals surface area contributed by atoms with Crippen LogP contribution in [-0.2, 0) is 32.0 Å². The minimum Gasteiger partial charge on any atom is -0.462 e. The Morgan fingerprint density at radius 1 is 0.938 bits per heavy atom. The van der Waals surface area contributed by atoms with E-state index >= 15 is 0 Å². The largest absolute Gasteiger partial charge is 0.462 e. The van der Waals surface area contributed by atoms with E-state index in [1.54, 1.807) is 13.8 Å². The maximum atomic E-state index is 13.0. The van der Waals surface area contributed by atoms with Gasteiger partial charge in [-0.1, -0.05) is 72.0 Å². The molecule has 3 aromatic rings. The number of ether oxygens (including phenoxy) is 2. The van der Waals surface area contributed by atoms with E-state index in [2.05, 4.69) is 4.98 Å². The third-order valence-corrected chi connectivity index (χ3v) is 5.67. The first kappa shape index (κ1) is 23.1. The molecule has 8 heteroatoms. The summed E-state index contributed by atoms with van der Waals surface area (Å²) < 4.78 is 10.3. The fraction of sp³-hybridized carbons (Fsp3) is 0.250. The van der Waals surface area contributed by atoms with Gasteiger partial charge in [0.2, 0.25) is 0 Å². The van der Waals surface area contributed by atoms with E-state index in [1.807, 2.05) is 60.7 Å². The smallest absolute Gasteiger partial charge is 0.350 e. The van der Waals surface area contributed by atoms with E-state index in [4.69, 9.17) is 9.47 Å². The Morgan fingerprint density at radius 2 is 1.56 bits per heavy atom. The number of esters is 2. The molecule has 1 amide bonds. The van der Waals surface area contributed by atoms with Crippen molar-refractivity contribution >= 4 is 34.3 Å². The lowest BCUT2D eigenvalue weighted by Crippen LogP contribution is -2.34. The van der Waals surface area contributed by atoms with Crippen molar-refractivity contribution in [3.05, 3.63) is 82.4 Å². The maximum absolute atomic E-state index is 13.0. The number of aryl methyl sites for hydroxylation is 1. The van der Waals surface area contributed by atoms with Crippen molar-refractivity contribution in [2.45, 2.75) is 26.8 Å². The third-order valence-electron chi connectivity index (χ3n) is 4.51. The van der Waals surface area contributed by atoms with Gasteiger partial charge in [-0.25, -0.2) is 9.78 Å². The van der Waals surface area contributed by atoms with Crippen molar-refractivity contribution in [1.82, 2.24) is 4.98 Å². The minimum absolute atomic E-state index is 0.0795. The lowest BCUT2D eigenvalue weighted by atomic mass is 10.2. The molecule has 0 aliphatic rings. The predicted molar refractivity (Wildman–Crippen MR) is 122 cm³/mol. The average molecular weight is 453 g/mol. The monoisotopic (exact) mass is 452 g/mol. The molecule has 0 aliphatic heterocycles. The fourth-order valence-electron chi connectivity index (χ4n) is 2.95. The summed E-state index contributed by atoms with van der Waals surface area (Å²) in [4.78, 5) is 43.6. The Labute approximate surface area is 190 Å². The molecule has 0 saturated carbocycles. The molecule has 166 valence electrons. The van der Waals surface area contributed by atoms with E-state index in [0.717, 1.165) is 22.5 Å². The van der Waals surface area contributed by atoms with E-state index in [0.29, 0.717) is 15.7 Å². The number of amides is 1. The molecular weight excluding hydrogens is 428 g/mol. The van der Waals surface area contributed by atoms with Gasteiger partial charge in [0.05, 0.1) is 25.3 Å². The second-order valence-electron chi connectivity index (χ2n) is 6.92. The van der Waals surface area contributed by atoms with Crippen LogP contribution in [0.5, 0.6) is 0 Å². The molecule has 32 heavy (non-hydrogen) atoms. The molecule has 0 saturated heterocycles. The number of hydrogen-bond acceptors (Lipinski definition) is 7. The molecule has 0 fully saturated rings. The second-order valence-corrected chi connectivity index (χ2v) is 7.90. The summed E-state index contributed by atoms with van der Waals surface area (Å²) in [7, 11) is 0. The zero-order chi connectivity index (χ0) is 22.9. The summed E-state index contributed by atoms with van der Waals surface area (Å²) >= 11 is 1.08. The minimum atomic E-state index is -0.494. The number of hydrogen-bond donors (Lipinski definition) is 0. The SMILES string of the molecule is CCOC(=O)c1sc(N(Cc2ccccc2)C(=O)COC(=O)Cc2ccccc2)nc1C. The summed E-state index contributed by atoms with van der Waals surface area (Å²) in [5.41, 5.74) is 2.16. The molecule has 0 bridgehead atoms. The number of benzene rings is 2. The standard InChI is InChI=1S/C24H24N2O5S/c1-3-30-23(29)22-17(2)25-24(32-22)26(15-19-12-8-5-9-13-19)20(27)16-31-21(28)14-18-10-6-4-7-11-18/h4-13H,3,14-16H2,1-2H3. The lowest BCUT2D eigenvalue weighted by Gasteiger charge is -2.20. The first-order valence-electron chi connectivity index (χ1n) is 10.2. The molecule has 1 aromatic heterocycles. The second kappa shape index (κ2) is 11.2. The van der Waals surface area contributed by atoms with Crippen molar-refractivity contribution < 1.29 is 23.9 Å². The molecular formula is C24H24N2O5S. The van der Waals surface area contributed by atoms with Crippen LogP contribution in [0.3, 0.4) is 0 Å². The number of nitrogens with zero attached hydrogens (tertiary/aromatic N) is 2. The van der Waals surface area contributed by atoms with Gasteiger partial charge in [-0.3, -0.25) is 14.5 Å². The van der Waals surface area contributed by atoms with Crippen LogP contribution >= 0.6 is 11.3 Å². The van der Waals surface area contributed by atoms with Gasteiger partial charge in [-0.2, -0.15) is 0 Å². The Balaban J connectivity index is 1.75. The average Bonchev–Trinajstić information content (AvgIpc) is 3.18. The van der Waals surface area contributed by atoms with E-state index < -0.39 is 24.5 Å². The van der Waals surface area contributed by atoms with Crippen molar-refractivity contribution in [3.63, 3.8) is 0 Å². The first-order chi connectivity index (χ1) is 15.5. The summed E-state index contributed by atoms with van der Waals surface area (Å²) in [6, 6.07) is 18.6. The van der Waals surface area contributed by atoms with Gasteiger partial charge < -0.3 is 9.47 Å². The summed E-state index contributed by atoms with van der Waals surface area (Å²) in [6.07, 6.45) is 0.0795. The van der Waals surface area contributed by atoms with Crippen LogP contribution in [0, 0.1) is 6.92 Å². The van der Waals surface area contributed by atoms with Crippen LogP contribution in [0.2, 0.25) is 0 Å². The molecule has 1 heterocycles. The zero-order valence-electron chi connectivity index (χ0n) is 17.9. The fourth-order valence-corrected chi connectivity index (χ4v) is 3.92. The molecule has 0 spiro atoms. The third kappa shape index (κ3) is 6.24. The Morgan fingerprint density at radius 3 is 2.19 bits per heavy atom. The Bertz CT molecular complexity index is 1070. The van der Waals surface area contributed by atoms with Crippen molar-refractivity contribution in [2.75, 3.05) is 18.1 Å². The first-order valence-corrected chi connectivity index (χ1v) is 11.0. The Hall–Kier alpha value is -3.52. The van der Waals surface area contributed by atoms with Gasteiger partial charge in [-0.05, 0) is 25.0 Å². The number of rotatable bonds is 9. The molecule has 0 aliphatic carbocycles. The number of carbonyl (C=O) groups is 3. The highest BCUT2D eigenvalue weighted by atomic mass is 32.1. The highest BCUT2D eigenvalue weighted by Crippen LogP contribution is 2.28. The van der Waals surface area contributed by atoms with Crippen LogP contribution in [-0.4, -0.2) is 36.0 Å². The highest BCUT2D eigenvalue weighted by Gasteiger charge is 2.25. The predicted octanol–water partition coefficient (Wildman–Crippen LogP) is 3.95. The van der Waals surface area contributed by atoms with Gasteiger partial charge >= 0.3 is 11.9 Å². The van der Waals surface area contributed by atoms with Crippen LogP contribution in [0.15, 0.2) is 60.7 Å². The molecule has 0 atom stereocenters. The van der Waals surface area contributed by atoms with Crippen LogP contribution in [0.4, 0.5) is 5.13 Å². The van der Waals surface area contributed by atoms with Crippen LogP contribution in [0.25, 0.3) is 0 Å². The van der Waals surface area contributed by atoms with Crippen molar-refractivity contribution in [2.24, 2.45) is 0 Å². The van der Waals surface area contributed by atoms with Gasteiger partial charge in [0, 0.05) is 0 Å². The van der Waals surface area contributed by atoms with Crippen molar-refractivity contribution in [3.8, 4) is 0 Å². The van der Waals surface area contributed by atoms with E-state index in [9.17, 15) is 14.4 Å². The highest BCUT2D eigenvalue weighted by molar-refractivity contribution is 7.17. The maximum Gasteiger partial charge on any atom is 0.350 e. The molecule has 3 rings (SSSR count). The molecule has 7 nitrogen and oxygen atoms in total. The van der Waals surface area contributed by atoms with Crippen molar-refractivity contribution in [1.29, 1.82) is 0 Å². The molecule has 2 aromatic carbocycles. The quantitative estimate of drug-likeness (QED) is 0.457. The summed E-state index contributed by atoms with van der Waals surface area (Å²) in [5, 5.41) is 0.346. The van der Waals surface area contributed by atoms with E-state index in [-0.39, 0.29) is 19.6 Å². The number of aromatic nitrogens is 1. The topological polar surface area (TPSA) is 85.8 Å². The molecule has 0 unspecified atom stereocenters. The summed E-state index contributed by atoms with van der Waals surface area (Å²) in [5.74, 6) is -1.40. The lowest BCUT2D eigenvalue weighted by molar-refractivity contribution is -0.147. The van der Waals surface area contributed by atoms with Crippen LogP contribution < -0.4 is 4.90 Å². The number of anilines is 1. The van der Waals surface area contributed by atoms with Gasteiger partial charge in [0.1, 0.15) is 4.88 Å². The van der Waals surface area contributed by atoms with Gasteiger partial charge in [-0.15, -0.1) is 0 Å². The normalized spacial score (nSPS) is 10.4. The number of thiazole rings is 1. The number of carbonyl (C=O) groups excluding carboxylic acids is 3. The van der Waals surface area contributed by atoms with Gasteiger partial charge in [0.15, 0.2) is 11.7 Å². The summed E-state index contributed by atoms with van der Waals surface area (Å²) in [6.45, 7) is 3.47. The van der Waals surface area contributed by atoms with Gasteiger partial charge in [0.25, 0.3) is 5.91 Å². The molecule has 0 N–H and O–H groups in total. The zero-order valence-corrected chi connectivity index (χ0v) is 18.8. The molecule has 0 radical (unpaired) electrons.